The highest BCUT2D eigenvalue weighted by molar-refractivity contribution is 5.15. The van der Waals surface area contributed by atoms with Crippen LogP contribution in [0.5, 0.6) is 0 Å². The number of hydrogen-bond acceptors (Lipinski definition) is 3. The average Bonchev–Trinajstić information content (AvgIpc) is 2.40. The largest absolute Gasteiger partial charge is 0.392 e. The Morgan fingerprint density at radius 3 is 2.61 bits per heavy atom. The van der Waals surface area contributed by atoms with Crippen LogP contribution in [0.25, 0.3) is 0 Å². The Balaban J connectivity index is 1.92. The topological polar surface area (TPSA) is 46.0 Å². The molecule has 0 spiro atoms. The van der Waals surface area contributed by atoms with Crippen molar-refractivity contribution in [1.29, 1.82) is 0 Å². The summed E-state index contributed by atoms with van der Waals surface area (Å²) in [6.45, 7) is 2.11. The van der Waals surface area contributed by atoms with E-state index in [1.807, 2.05) is 24.4 Å². The Labute approximate surface area is 108 Å². The van der Waals surface area contributed by atoms with Gasteiger partial charge in [0, 0.05) is 37.1 Å². The lowest BCUT2D eigenvalue weighted by atomic mass is 10.1. The van der Waals surface area contributed by atoms with Crippen molar-refractivity contribution in [3.63, 3.8) is 0 Å². The molecule has 3 heteroatoms. The molecular weight excluding hydrogens is 224 g/mol. The zero-order valence-corrected chi connectivity index (χ0v) is 10.6. The van der Waals surface area contributed by atoms with Crippen LogP contribution in [-0.2, 0) is 19.3 Å². The fourth-order valence-corrected chi connectivity index (χ4v) is 1.89. The van der Waals surface area contributed by atoms with E-state index >= 15 is 0 Å². The van der Waals surface area contributed by atoms with Crippen LogP contribution in [0.3, 0.4) is 0 Å². The maximum Gasteiger partial charge on any atom is 0.0636 e. The van der Waals surface area contributed by atoms with Gasteiger partial charge in [-0.3, -0.25) is 9.97 Å². The highest BCUT2D eigenvalue weighted by Crippen LogP contribution is 2.08. The van der Waals surface area contributed by atoms with Gasteiger partial charge in [0.25, 0.3) is 0 Å². The van der Waals surface area contributed by atoms with E-state index in [-0.39, 0.29) is 0 Å². The van der Waals surface area contributed by atoms with Crippen LogP contribution in [-0.4, -0.2) is 21.2 Å². The molecule has 1 unspecified atom stereocenters. The maximum atomic E-state index is 10.0. The molecule has 2 rings (SSSR count). The van der Waals surface area contributed by atoms with Crippen LogP contribution in [0.4, 0.5) is 0 Å². The first-order chi connectivity index (χ1) is 8.78. The van der Waals surface area contributed by atoms with E-state index < -0.39 is 6.10 Å². The fraction of sp³-hybridized carbons (Fsp3) is 0.333. The summed E-state index contributed by atoms with van der Waals surface area (Å²) in [5, 5.41) is 10.0. The smallest absolute Gasteiger partial charge is 0.0636 e. The first-order valence-electron chi connectivity index (χ1n) is 6.28. The number of nitrogens with zero attached hydrogens (tertiary/aromatic N) is 2. The van der Waals surface area contributed by atoms with Gasteiger partial charge in [-0.05, 0) is 29.7 Å². The molecule has 1 N–H and O–H groups in total. The lowest BCUT2D eigenvalue weighted by molar-refractivity contribution is 0.174. The van der Waals surface area contributed by atoms with Crippen molar-refractivity contribution in [3.8, 4) is 0 Å². The van der Waals surface area contributed by atoms with E-state index in [0.29, 0.717) is 12.8 Å². The summed E-state index contributed by atoms with van der Waals surface area (Å²) in [6, 6.07) is 7.92. The Bertz CT molecular complexity index is 468. The van der Waals surface area contributed by atoms with Crippen molar-refractivity contribution in [1.82, 2.24) is 9.97 Å². The molecule has 18 heavy (non-hydrogen) atoms. The second-order valence-corrected chi connectivity index (χ2v) is 4.43. The van der Waals surface area contributed by atoms with Crippen LogP contribution < -0.4 is 0 Å². The van der Waals surface area contributed by atoms with E-state index in [9.17, 15) is 5.11 Å². The predicted octanol–water partition coefficient (Wildman–Crippen LogP) is 2.19. The molecule has 0 fully saturated rings. The molecule has 1 atom stereocenters. The van der Waals surface area contributed by atoms with Crippen molar-refractivity contribution in [2.45, 2.75) is 32.3 Å². The third-order valence-corrected chi connectivity index (χ3v) is 2.93. The lowest BCUT2D eigenvalue weighted by Gasteiger charge is -2.10. The molecule has 0 aromatic carbocycles. The molecular formula is C15H18N2O. The summed E-state index contributed by atoms with van der Waals surface area (Å²) in [5.41, 5.74) is 3.21. The fourth-order valence-electron chi connectivity index (χ4n) is 1.89. The van der Waals surface area contributed by atoms with E-state index in [2.05, 4.69) is 23.0 Å². The van der Waals surface area contributed by atoms with E-state index in [0.717, 1.165) is 17.7 Å². The third-order valence-electron chi connectivity index (χ3n) is 2.93. The van der Waals surface area contributed by atoms with Gasteiger partial charge in [-0.1, -0.05) is 19.1 Å². The van der Waals surface area contributed by atoms with E-state index in [1.165, 1.54) is 5.56 Å². The molecule has 0 saturated heterocycles. The summed E-state index contributed by atoms with van der Waals surface area (Å²) in [4.78, 5) is 8.40. The molecule has 0 aliphatic carbocycles. The average molecular weight is 242 g/mol. The highest BCUT2D eigenvalue weighted by atomic mass is 16.3. The van der Waals surface area contributed by atoms with Crippen LogP contribution in [0.1, 0.15) is 23.7 Å². The molecule has 3 nitrogen and oxygen atoms in total. The number of pyridine rings is 2. The third kappa shape index (κ3) is 3.64. The minimum absolute atomic E-state index is 0.408. The first-order valence-corrected chi connectivity index (χ1v) is 6.28. The lowest BCUT2D eigenvalue weighted by Crippen LogP contribution is -2.14. The summed E-state index contributed by atoms with van der Waals surface area (Å²) in [7, 11) is 0. The maximum absolute atomic E-state index is 10.0. The monoisotopic (exact) mass is 242 g/mol. The SMILES string of the molecule is CCc1ccc(CC(O)Cc2cccnc2)nc1. The van der Waals surface area contributed by atoms with Gasteiger partial charge in [0.2, 0.25) is 0 Å². The second kappa shape index (κ2) is 6.26. The van der Waals surface area contributed by atoms with Crippen LogP contribution in [0.15, 0.2) is 42.9 Å². The summed E-state index contributed by atoms with van der Waals surface area (Å²) in [5.74, 6) is 0. The van der Waals surface area contributed by atoms with Gasteiger partial charge in [-0.2, -0.15) is 0 Å². The predicted molar refractivity (Wildman–Crippen MR) is 71.3 cm³/mol. The molecule has 2 aromatic rings. The van der Waals surface area contributed by atoms with Crippen molar-refractivity contribution in [2.24, 2.45) is 0 Å². The zero-order valence-electron chi connectivity index (χ0n) is 10.6. The zero-order chi connectivity index (χ0) is 12.8. The van der Waals surface area contributed by atoms with Crippen molar-refractivity contribution >= 4 is 0 Å². The van der Waals surface area contributed by atoms with Crippen molar-refractivity contribution in [3.05, 3.63) is 59.7 Å². The molecule has 0 aliphatic rings. The Hall–Kier alpha value is -1.74. The van der Waals surface area contributed by atoms with Crippen molar-refractivity contribution in [2.75, 3.05) is 0 Å². The number of aliphatic hydroxyl groups is 1. The number of aryl methyl sites for hydroxylation is 1. The second-order valence-electron chi connectivity index (χ2n) is 4.43. The quantitative estimate of drug-likeness (QED) is 0.874. The Kier molecular flexibility index (Phi) is 4.42. The number of aromatic nitrogens is 2. The van der Waals surface area contributed by atoms with Crippen LogP contribution in [0, 0.1) is 0 Å². The van der Waals surface area contributed by atoms with Gasteiger partial charge < -0.3 is 5.11 Å². The minimum Gasteiger partial charge on any atom is -0.392 e. The molecule has 94 valence electrons. The summed E-state index contributed by atoms with van der Waals surface area (Å²) >= 11 is 0. The molecule has 2 heterocycles. The Morgan fingerprint density at radius 1 is 1.11 bits per heavy atom. The standard InChI is InChI=1S/C15H18N2O/c1-2-12-5-6-14(17-11-12)9-15(18)8-13-4-3-7-16-10-13/h3-7,10-11,15,18H,2,8-9H2,1H3. The molecule has 0 aliphatic heterocycles. The van der Waals surface area contributed by atoms with E-state index in [4.69, 9.17) is 0 Å². The molecule has 0 saturated carbocycles. The van der Waals surface area contributed by atoms with Gasteiger partial charge >= 0.3 is 0 Å². The van der Waals surface area contributed by atoms with Crippen molar-refractivity contribution < 1.29 is 5.11 Å². The van der Waals surface area contributed by atoms with Gasteiger partial charge in [-0.25, -0.2) is 0 Å². The number of hydrogen-bond donors (Lipinski definition) is 1. The summed E-state index contributed by atoms with van der Waals surface area (Å²) < 4.78 is 0. The van der Waals surface area contributed by atoms with E-state index in [1.54, 1.807) is 12.4 Å². The van der Waals surface area contributed by atoms with Gasteiger partial charge in [0.05, 0.1) is 6.10 Å². The molecule has 2 aromatic heterocycles. The van der Waals surface area contributed by atoms with Gasteiger partial charge in [0.1, 0.15) is 0 Å². The molecule has 0 radical (unpaired) electrons. The molecule has 0 bridgehead atoms. The van der Waals surface area contributed by atoms with Crippen LogP contribution in [0.2, 0.25) is 0 Å². The highest BCUT2D eigenvalue weighted by Gasteiger charge is 2.07. The first kappa shape index (κ1) is 12.7. The van der Waals surface area contributed by atoms with Gasteiger partial charge in [-0.15, -0.1) is 0 Å². The van der Waals surface area contributed by atoms with Crippen LogP contribution >= 0.6 is 0 Å². The van der Waals surface area contributed by atoms with Gasteiger partial charge in [0.15, 0.2) is 0 Å². The Morgan fingerprint density at radius 2 is 2.00 bits per heavy atom. The number of rotatable bonds is 5. The molecule has 0 amide bonds. The normalized spacial score (nSPS) is 12.3. The number of aliphatic hydroxyl groups excluding tert-OH is 1. The minimum atomic E-state index is -0.408. The summed E-state index contributed by atoms with van der Waals surface area (Å²) in [6.07, 6.45) is 7.19.